The molecule has 1 fully saturated rings. The zero-order valence-corrected chi connectivity index (χ0v) is 8.12. The van der Waals surface area contributed by atoms with Gasteiger partial charge in [-0.05, 0) is 26.3 Å². The molecule has 2 N–H and O–H groups in total. The lowest BCUT2D eigenvalue weighted by Gasteiger charge is -2.32. The number of likely N-dealkylation sites (tertiary alicyclic amines) is 1. The number of piperidine rings is 1. The van der Waals surface area contributed by atoms with E-state index in [0.717, 1.165) is 13.1 Å². The molecule has 2 atom stereocenters. The molecular weight excluding hydrogens is 152 g/mol. The molecule has 1 aliphatic rings. The SMILES string of the molecule is COC1CCCN(C[C@H](C)N)C1. The Morgan fingerprint density at radius 2 is 2.42 bits per heavy atom. The van der Waals surface area contributed by atoms with Gasteiger partial charge in [0.1, 0.15) is 0 Å². The molecule has 3 nitrogen and oxygen atoms in total. The number of methoxy groups -OCH3 is 1. The Labute approximate surface area is 74.9 Å². The van der Waals surface area contributed by atoms with Gasteiger partial charge >= 0.3 is 0 Å². The van der Waals surface area contributed by atoms with Crippen LogP contribution >= 0.6 is 0 Å². The minimum absolute atomic E-state index is 0.278. The fourth-order valence-corrected chi connectivity index (χ4v) is 1.78. The van der Waals surface area contributed by atoms with Gasteiger partial charge < -0.3 is 10.5 Å². The molecule has 0 radical (unpaired) electrons. The van der Waals surface area contributed by atoms with E-state index in [2.05, 4.69) is 11.8 Å². The second kappa shape index (κ2) is 4.80. The van der Waals surface area contributed by atoms with E-state index in [9.17, 15) is 0 Å². The first-order valence-corrected chi connectivity index (χ1v) is 4.73. The molecule has 0 aromatic heterocycles. The van der Waals surface area contributed by atoms with Crippen LogP contribution in [0.25, 0.3) is 0 Å². The van der Waals surface area contributed by atoms with Crippen molar-refractivity contribution < 1.29 is 4.74 Å². The standard InChI is InChI=1S/C9H20N2O/c1-8(10)6-11-5-3-4-9(7-11)12-2/h8-9H,3-7,10H2,1-2H3/t8-,9?/m0/s1. The van der Waals surface area contributed by atoms with Crippen LogP contribution in [0.5, 0.6) is 0 Å². The molecule has 3 heteroatoms. The first-order valence-electron chi connectivity index (χ1n) is 4.73. The maximum Gasteiger partial charge on any atom is 0.0698 e. The highest BCUT2D eigenvalue weighted by Crippen LogP contribution is 2.11. The molecule has 1 saturated heterocycles. The van der Waals surface area contributed by atoms with E-state index in [4.69, 9.17) is 10.5 Å². The Morgan fingerprint density at radius 3 is 3.00 bits per heavy atom. The lowest BCUT2D eigenvalue weighted by Crippen LogP contribution is -2.44. The van der Waals surface area contributed by atoms with Crippen LogP contribution in [-0.2, 0) is 4.74 Å². The van der Waals surface area contributed by atoms with E-state index < -0.39 is 0 Å². The van der Waals surface area contributed by atoms with Crippen molar-refractivity contribution in [3.63, 3.8) is 0 Å². The summed E-state index contributed by atoms with van der Waals surface area (Å²) in [5, 5.41) is 0. The van der Waals surface area contributed by atoms with Crippen LogP contribution in [0.1, 0.15) is 19.8 Å². The topological polar surface area (TPSA) is 38.5 Å². The highest BCUT2D eigenvalue weighted by Gasteiger charge is 2.19. The van der Waals surface area contributed by atoms with Gasteiger partial charge in [-0.2, -0.15) is 0 Å². The molecule has 1 rings (SSSR count). The van der Waals surface area contributed by atoms with Crippen molar-refractivity contribution in [2.45, 2.75) is 31.9 Å². The van der Waals surface area contributed by atoms with E-state index in [0.29, 0.717) is 6.10 Å². The normalized spacial score (nSPS) is 28.8. The number of hydrogen-bond acceptors (Lipinski definition) is 3. The summed E-state index contributed by atoms with van der Waals surface area (Å²) >= 11 is 0. The molecule has 1 unspecified atom stereocenters. The summed E-state index contributed by atoms with van der Waals surface area (Å²) in [7, 11) is 1.79. The molecular formula is C9H20N2O. The van der Waals surface area contributed by atoms with Gasteiger partial charge in [-0.1, -0.05) is 0 Å². The predicted molar refractivity (Wildman–Crippen MR) is 50.1 cm³/mol. The Morgan fingerprint density at radius 1 is 1.67 bits per heavy atom. The van der Waals surface area contributed by atoms with Crippen molar-refractivity contribution in [3.05, 3.63) is 0 Å². The first kappa shape index (κ1) is 9.96. The van der Waals surface area contributed by atoms with Gasteiger partial charge in [-0.15, -0.1) is 0 Å². The summed E-state index contributed by atoms with van der Waals surface area (Å²) in [4.78, 5) is 2.39. The largest absolute Gasteiger partial charge is 0.380 e. The number of ether oxygens (including phenoxy) is 1. The second-order valence-corrected chi connectivity index (χ2v) is 3.74. The molecule has 0 spiro atoms. The number of rotatable bonds is 3. The van der Waals surface area contributed by atoms with Crippen molar-refractivity contribution in [1.29, 1.82) is 0 Å². The van der Waals surface area contributed by atoms with Gasteiger partial charge in [0.15, 0.2) is 0 Å². The molecule has 0 amide bonds. The minimum atomic E-state index is 0.278. The predicted octanol–water partition coefficient (Wildman–Crippen LogP) is 0.444. The summed E-state index contributed by atoms with van der Waals surface area (Å²) in [5.74, 6) is 0. The van der Waals surface area contributed by atoms with Crippen LogP contribution in [0.15, 0.2) is 0 Å². The van der Waals surface area contributed by atoms with E-state index in [1.807, 2.05) is 0 Å². The highest BCUT2D eigenvalue weighted by molar-refractivity contribution is 4.74. The lowest BCUT2D eigenvalue weighted by molar-refractivity contribution is 0.0300. The van der Waals surface area contributed by atoms with Crippen LogP contribution in [-0.4, -0.2) is 43.8 Å². The van der Waals surface area contributed by atoms with E-state index in [1.165, 1.54) is 19.4 Å². The molecule has 0 aromatic carbocycles. The third kappa shape index (κ3) is 3.09. The first-order chi connectivity index (χ1) is 5.72. The molecule has 0 aromatic rings. The van der Waals surface area contributed by atoms with E-state index >= 15 is 0 Å². The highest BCUT2D eigenvalue weighted by atomic mass is 16.5. The zero-order chi connectivity index (χ0) is 8.97. The van der Waals surface area contributed by atoms with E-state index in [-0.39, 0.29) is 6.04 Å². The van der Waals surface area contributed by atoms with Crippen LogP contribution < -0.4 is 5.73 Å². The average molecular weight is 172 g/mol. The van der Waals surface area contributed by atoms with E-state index in [1.54, 1.807) is 7.11 Å². The van der Waals surface area contributed by atoms with Gasteiger partial charge in [0, 0.05) is 26.2 Å². The summed E-state index contributed by atoms with van der Waals surface area (Å²) in [6.07, 6.45) is 2.87. The number of nitrogens with zero attached hydrogens (tertiary/aromatic N) is 1. The summed E-state index contributed by atoms with van der Waals surface area (Å²) in [5.41, 5.74) is 5.73. The molecule has 0 bridgehead atoms. The van der Waals surface area contributed by atoms with Crippen molar-refractivity contribution in [1.82, 2.24) is 4.90 Å². The third-order valence-electron chi connectivity index (χ3n) is 2.34. The Kier molecular flexibility index (Phi) is 3.98. The van der Waals surface area contributed by atoms with Crippen molar-refractivity contribution >= 4 is 0 Å². The van der Waals surface area contributed by atoms with Gasteiger partial charge in [-0.3, -0.25) is 4.90 Å². The summed E-state index contributed by atoms with van der Waals surface area (Å²) in [6, 6.07) is 0.278. The molecule has 1 aliphatic heterocycles. The maximum atomic E-state index is 5.73. The van der Waals surface area contributed by atoms with Crippen LogP contribution in [0.4, 0.5) is 0 Å². The molecule has 72 valence electrons. The number of hydrogen-bond donors (Lipinski definition) is 1. The smallest absolute Gasteiger partial charge is 0.0698 e. The van der Waals surface area contributed by atoms with Gasteiger partial charge in [-0.25, -0.2) is 0 Å². The number of nitrogens with two attached hydrogens (primary N) is 1. The van der Waals surface area contributed by atoms with Crippen molar-refractivity contribution in [2.75, 3.05) is 26.7 Å². The van der Waals surface area contributed by atoms with Crippen LogP contribution in [0.3, 0.4) is 0 Å². The maximum absolute atomic E-state index is 5.73. The van der Waals surface area contributed by atoms with Crippen LogP contribution in [0.2, 0.25) is 0 Å². The van der Waals surface area contributed by atoms with Gasteiger partial charge in [0.25, 0.3) is 0 Å². The van der Waals surface area contributed by atoms with Crippen LogP contribution in [0, 0.1) is 0 Å². The Bertz CT molecular complexity index is 128. The van der Waals surface area contributed by atoms with Crippen molar-refractivity contribution in [2.24, 2.45) is 5.73 Å². The minimum Gasteiger partial charge on any atom is -0.380 e. The summed E-state index contributed by atoms with van der Waals surface area (Å²) < 4.78 is 5.32. The third-order valence-corrected chi connectivity index (χ3v) is 2.34. The fraction of sp³-hybridized carbons (Fsp3) is 1.00. The zero-order valence-electron chi connectivity index (χ0n) is 8.12. The quantitative estimate of drug-likeness (QED) is 0.671. The fourth-order valence-electron chi connectivity index (χ4n) is 1.78. The molecule has 12 heavy (non-hydrogen) atoms. The molecule has 1 heterocycles. The molecule has 0 saturated carbocycles. The summed E-state index contributed by atoms with van der Waals surface area (Å²) in [6.45, 7) is 5.29. The Hall–Kier alpha value is -0.120. The van der Waals surface area contributed by atoms with Crippen molar-refractivity contribution in [3.8, 4) is 0 Å². The lowest BCUT2D eigenvalue weighted by atomic mass is 10.1. The molecule has 0 aliphatic carbocycles. The Balaban J connectivity index is 2.25. The van der Waals surface area contributed by atoms with Gasteiger partial charge in [0.05, 0.1) is 6.10 Å². The van der Waals surface area contributed by atoms with Gasteiger partial charge in [0.2, 0.25) is 0 Å². The monoisotopic (exact) mass is 172 g/mol. The average Bonchev–Trinajstić information content (AvgIpc) is 2.03. The second-order valence-electron chi connectivity index (χ2n) is 3.74.